The molecule has 2 aromatic carbocycles. The molecule has 0 spiro atoms. The standard InChI is InChI=1S/C28H30O10/c29-13-21-25(33)27(35)23(31)19(37-21)10-7-15-6-8-17(18(12-15)16-4-2-1-3-5-16)9-11-20-24(32)28(36)26(34)22(14-30)38-20/h1-6,8,12,19-36H,13-14H2. The molecule has 0 aliphatic carbocycles. The first-order valence-corrected chi connectivity index (χ1v) is 12.1. The average Bonchev–Trinajstić information content (AvgIpc) is 2.94. The minimum Gasteiger partial charge on any atom is -0.394 e. The lowest BCUT2D eigenvalue weighted by Crippen LogP contribution is -2.58. The fourth-order valence-electron chi connectivity index (χ4n) is 4.33. The van der Waals surface area contributed by atoms with Crippen molar-refractivity contribution < 1.29 is 50.3 Å². The Morgan fingerprint density at radius 1 is 0.605 bits per heavy atom. The van der Waals surface area contributed by atoms with Gasteiger partial charge >= 0.3 is 0 Å². The zero-order chi connectivity index (χ0) is 27.4. The van der Waals surface area contributed by atoms with E-state index in [0.717, 1.165) is 5.56 Å². The molecule has 8 N–H and O–H groups in total. The highest BCUT2D eigenvalue weighted by atomic mass is 16.5. The Kier molecular flexibility index (Phi) is 9.15. The first-order chi connectivity index (χ1) is 18.2. The Morgan fingerprint density at radius 2 is 1.13 bits per heavy atom. The number of aliphatic hydroxyl groups excluding tert-OH is 8. The molecule has 0 bridgehead atoms. The summed E-state index contributed by atoms with van der Waals surface area (Å²) in [4.78, 5) is 0. The molecule has 38 heavy (non-hydrogen) atoms. The number of hydrogen-bond acceptors (Lipinski definition) is 10. The summed E-state index contributed by atoms with van der Waals surface area (Å²) in [6, 6.07) is 14.4. The van der Waals surface area contributed by atoms with Crippen LogP contribution >= 0.6 is 0 Å². The molecule has 2 saturated heterocycles. The van der Waals surface area contributed by atoms with Crippen molar-refractivity contribution in [1.82, 2.24) is 0 Å². The number of aliphatic hydroxyl groups is 8. The van der Waals surface area contributed by atoms with E-state index in [1.807, 2.05) is 30.3 Å². The second kappa shape index (κ2) is 12.3. The molecule has 10 heteroatoms. The van der Waals surface area contributed by atoms with Gasteiger partial charge in [-0.05, 0) is 29.3 Å². The van der Waals surface area contributed by atoms with Crippen molar-refractivity contribution in [1.29, 1.82) is 0 Å². The van der Waals surface area contributed by atoms with Gasteiger partial charge in [-0.2, -0.15) is 0 Å². The Hall–Kier alpha value is -2.84. The lowest BCUT2D eigenvalue weighted by Gasteiger charge is -2.37. The average molecular weight is 527 g/mol. The topological polar surface area (TPSA) is 180 Å². The molecular weight excluding hydrogens is 496 g/mol. The van der Waals surface area contributed by atoms with Crippen LogP contribution in [0.4, 0.5) is 0 Å². The molecule has 2 aromatic rings. The Balaban J connectivity index is 1.65. The Bertz CT molecular complexity index is 1210. The quantitative estimate of drug-likeness (QED) is 0.204. The molecule has 2 aliphatic heterocycles. The first-order valence-electron chi connectivity index (χ1n) is 12.1. The predicted molar refractivity (Wildman–Crippen MR) is 133 cm³/mol. The van der Waals surface area contributed by atoms with Gasteiger partial charge in [0.2, 0.25) is 0 Å². The summed E-state index contributed by atoms with van der Waals surface area (Å²) in [6.45, 7) is -1.11. The number of benzene rings is 2. The van der Waals surface area contributed by atoms with Crippen LogP contribution in [0.1, 0.15) is 11.1 Å². The van der Waals surface area contributed by atoms with Crippen molar-refractivity contribution in [2.24, 2.45) is 0 Å². The summed E-state index contributed by atoms with van der Waals surface area (Å²) in [5.74, 6) is 11.3. The van der Waals surface area contributed by atoms with Crippen LogP contribution in [-0.4, -0.2) is 115 Å². The highest BCUT2D eigenvalue weighted by molar-refractivity contribution is 5.73. The van der Waals surface area contributed by atoms with Gasteiger partial charge in [0.1, 0.15) is 61.0 Å². The van der Waals surface area contributed by atoms with Gasteiger partial charge in [-0.3, -0.25) is 0 Å². The Morgan fingerprint density at radius 3 is 1.66 bits per heavy atom. The molecule has 10 unspecified atom stereocenters. The molecule has 2 fully saturated rings. The zero-order valence-corrected chi connectivity index (χ0v) is 20.2. The molecule has 0 radical (unpaired) electrons. The van der Waals surface area contributed by atoms with Gasteiger partial charge in [-0.1, -0.05) is 54.0 Å². The van der Waals surface area contributed by atoms with E-state index in [1.54, 1.807) is 18.2 Å². The van der Waals surface area contributed by atoms with Crippen molar-refractivity contribution in [3.63, 3.8) is 0 Å². The van der Waals surface area contributed by atoms with Gasteiger partial charge < -0.3 is 50.3 Å². The highest BCUT2D eigenvalue weighted by Gasteiger charge is 2.43. The van der Waals surface area contributed by atoms with E-state index in [1.165, 1.54) is 0 Å². The molecule has 2 aliphatic rings. The fraction of sp³-hybridized carbons (Fsp3) is 0.429. The summed E-state index contributed by atoms with van der Waals surface area (Å²) >= 11 is 0. The van der Waals surface area contributed by atoms with Crippen LogP contribution in [0, 0.1) is 23.7 Å². The highest BCUT2D eigenvalue weighted by Crippen LogP contribution is 2.26. The summed E-state index contributed by atoms with van der Waals surface area (Å²) in [5, 5.41) is 79.3. The SMILES string of the molecule is OCC1OC(C#Cc2ccc(C#CC3OC(CO)C(O)C(O)C3O)c(-c3ccccc3)c2)C(O)C(O)C1O. The van der Waals surface area contributed by atoms with Crippen molar-refractivity contribution in [2.75, 3.05) is 13.2 Å². The first kappa shape index (κ1) is 28.2. The van der Waals surface area contributed by atoms with Gasteiger partial charge in [0.15, 0.2) is 0 Å². The summed E-state index contributed by atoms with van der Waals surface area (Å²) in [6.07, 6.45) is -13.4. The van der Waals surface area contributed by atoms with E-state index >= 15 is 0 Å². The summed E-state index contributed by atoms with van der Waals surface area (Å²) < 4.78 is 10.9. The lowest BCUT2D eigenvalue weighted by molar-refractivity contribution is -0.214. The third kappa shape index (κ3) is 5.91. The number of hydrogen-bond donors (Lipinski definition) is 8. The molecular formula is C28H30O10. The largest absolute Gasteiger partial charge is 0.394 e. The third-order valence-corrected chi connectivity index (χ3v) is 6.60. The van der Waals surface area contributed by atoms with Crippen molar-refractivity contribution in [3.05, 3.63) is 59.7 Å². The molecule has 10 atom stereocenters. The summed E-state index contributed by atoms with van der Waals surface area (Å²) in [5.41, 5.74) is 2.57. The maximum absolute atomic E-state index is 10.3. The second-order valence-electron chi connectivity index (χ2n) is 9.16. The molecule has 0 saturated carbocycles. The zero-order valence-electron chi connectivity index (χ0n) is 20.2. The number of ether oxygens (including phenoxy) is 2. The maximum atomic E-state index is 10.3. The smallest absolute Gasteiger partial charge is 0.147 e. The number of rotatable bonds is 3. The summed E-state index contributed by atoms with van der Waals surface area (Å²) in [7, 11) is 0. The van der Waals surface area contributed by atoms with Crippen LogP contribution in [0.2, 0.25) is 0 Å². The molecule has 202 valence electrons. The van der Waals surface area contributed by atoms with E-state index in [0.29, 0.717) is 16.7 Å². The van der Waals surface area contributed by atoms with Crippen molar-refractivity contribution in [3.8, 4) is 34.8 Å². The second-order valence-corrected chi connectivity index (χ2v) is 9.16. The van der Waals surface area contributed by atoms with E-state index in [4.69, 9.17) is 9.47 Å². The van der Waals surface area contributed by atoms with Gasteiger partial charge in [-0.25, -0.2) is 0 Å². The third-order valence-electron chi connectivity index (χ3n) is 6.60. The van der Waals surface area contributed by atoms with Crippen molar-refractivity contribution in [2.45, 2.75) is 61.0 Å². The minimum absolute atomic E-state index is 0.527. The normalized spacial score (nSPS) is 34.9. The monoisotopic (exact) mass is 526 g/mol. The van der Waals surface area contributed by atoms with E-state index < -0.39 is 74.3 Å². The maximum Gasteiger partial charge on any atom is 0.147 e. The predicted octanol–water partition coefficient (Wildman–Crippen LogP) is -2.26. The molecule has 2 heterocycles. The van der Waals surface area contributed by atoms with Gasteiger partial charge in [0.05, 0.1) is 13.2 Å². The van der Waals surface area contributed by atoms with E-state index in [2.05, 4.69) is 23.7 Å². The van der Waals surface area contributed by atoms with Crippen LogP contribution in [0.5, 0.6) is 0 Å². The van der Waals surface area contributed by atoms with Crippen molar-refractivity contribution >= 4 is 0 Å². The fourth-order valence-corrected chi connectivity index (χ4v) is 4.33. The lowest BCUT2D eigenvalue weighted by atomic mass is 9.94. The van der Waals surface area contributed by atoms with Crippen LogP contribution in [-0.2, 0) is 9.47 Å². The van der Waals surface area contributed by atoms with Crippen LogP contribution in [0.15, 0.2) is 48.5 Å². The van der Waals surface area contributed by atoms with E-state index in [9.17, 15) is 40.9 Å². The molecule has 10 nitrogen and oxygen atoms in total. The molecule has 0 amide bonds. The van der Waals surface area contributed by atoms with Gasteiger partial charge in [0.25, 0.3) is 0 Å². The Labute approximate surface area is 219 Å². The molecule has 4 rings (SSSR count). The van der Waals surface area contributed by atoms with Crippen LogP contribution in [0.25, 0.3) is 11.1 Å². The molecule has 0 aromatic heterocycles. The van der Waals surface area contributed by atoms with Crippen LogP contribution < -0.4 is 0 Å². The van der Waals surface area contributed by atoms with Gasteiger partial charge in [-0.15, -0.1) is 0 Å². The van der Waals surface area contributed by atoms with Gasteiger partial charge in [0, 0.05) is 11.1 Å². The van der Waals surface area contributed by atoms with E-state index in [-0.39, 0.29) is 0 Å². The minimum atomic E-state index is -1.53. The van der Waals surface area contributed by atoms with Crippen LogP contribution in [0.3, 0.4) is 0 Å².